The molecule has 1 aromatic carbocycles. The van der Waals surface area contributed by atoms with E-state index in [-0.39, 0.29) is 11.6 Å². The number of pyridine rings is 1. The van der Waals surface area contributed by atoms with Crippen LogP contribution in [0.1, 0.15) is 29.7 Å². The highest BCUT2D eigenvalue weighted by molar-refractivity contribution is 9.10. The molecule has 0 saturated heterocycles. The number of halogens is 4. The van der Waals surface area contributed by atoms with Gasteiger partial charge in [0, 0.05) is 5.39 Å². The summed E-state index contributed by atoms with van der Waals surface area (Å²) in [6.07, 6.45) is -1.38. The van der Waals surface area contributed by atoms with Crippen LogP contribution in [0.4, 0.5) is 19.0 Å². The zero-order valence-corrected chi connectivity index (χ0v) is 15.0. The number of nitrogens with zero attached hydrogens (tertiary/aromatic N) is 3. The Morgan fingerprint density at radius 3 is 2.64 bits per heavy atom. The number of alkyl halides is 3. The Labute approximate surface area is 150 Å². The van der Waals surface area contributed by atoms with Crippen LogP contribution in [0.2, 0.25) is 0 Å². The molecular weight excluding hydrogens is 397 g/mol. The monoisotopic (exact) mass is 410 g/mol. The Bertz CT molecular complexity index is 927. The van der Waals surface area contributed by atoms with E-state index in [0.29, 0.717) is 21.5 Å². The number of anilines is 1. The van der Waals surface area contributed by atoms with Crippen LogP contribution in [0.15, 0.2) is 41.4 Å². The van der Waals surface area contributed by atoms with Gasteiger partial charge in [-0.1, -0.05) is 12.1 Å². The summed E-state index contributed by atoms with van der Waals surface area (Å²) in [6.45, 7) is 3.28. The Hall–Kier alpha value is -2.22. The van der Waals surface area contributed by atoms with E-state index in [9.17, 15) is 13.2 Å². The molecule has 25 heavy (non-hydrogen) atoms. The zero-order chi connectivity index (χ0) is 18.2. The summed E-state index contributed by atoms with van der Waals surface area (Å²) in [4.78, 5) is 12.5. The molecule has 0 aliphatic carbocycles. The fourth-order valence-electron chi connectivity index (χ4n) is 2.76. The third-order valence-electron chi connectivity index (χ3n) is 3.99. The van der Waals surface area contributed by atoms with E-state index in [1.165, 1.54) is 19.3 Å². The highest BCUT2D eigenvalue weighted by Crippen LogP contribution is 2.35. The Morgan fingerprint density at radius 1 is 1.16 bits per heavy atom. The van der Waals surface area contributed by atoms with Gasteiger partial charge in [0.15, 0.2) is 0 Å². The summed E-state index contributed by atoms with van der Waals surface area (Å²) >= 11 is 3.30. The number of hydrogen-bond acceptors (Lipinski definition) is 4. The van der Waals surface area contributed by atoms with Crippen LogP contribution >= 0.6 is 15.9 Å². The van der Waals surface area contributed by atoms with Crippen LogP contribution in [-0.4, -0.2) is 15.0 Å². The van der Waals surface area contributed by atoms with Crippen LogP contribution in [0.3, 0.4) is 0 Å². The van der Waals surface area contributed by atoms with Crippen molar-refractivity contribution in [1.82, 2.24) is 15.0 Å². The first kappa shape index (κ1) is 17.6. The van der Waals surface area contributed by atoms with Crippen molar-refractivity contribution < 1.29 is 13.2 Å². The number of benzene rings is 1. The molecule has 130 valence electrons. The first-order chi connectivity index (χ1) is 11.8. The fraction of sp³-hybridized carbons (Fsp3) is 0.235. The quantitative estimate of drug-likeness (QED) is 0.596. The lowest BCUT2D eigenvalue weighted by Crippen LogP contribution is -2.14. The summed E-state index contributed by atoms with van der Waals surface area (Å²) in [6, 6.07) is 5.59. The molecule has 3 rings (SSSR count). The molecule has 8 heteroatoms. The van der Waals surface area contributed by atoms with Crippen molar-refractivity contribution in [3.05, 3.63) is 58.1 Å². The molecule has 0 amide bonds. The highest BCUT2D eigenvalue weighted by Gasteiger charge is 2.33. The lowest BCUT2D eigenvalue weighted by molar-refractivity contribution is -0.138. The second kappa shape index (κ2) is 6.59. The van der Waals surface area contributed by atoms with Crippen LogP contribution in [-0.2, 0) is 6.18 Å². The SMILES string of the molecule is Cc1c([C@@H](C)Nc2ncnc3cnc(Br)cc23)cccc1C(F)(F)F. The van der Waals surface area contributed by atoms with Gasteiger partial charge >= 0.3 is 6.18 Å². The van der Waals surface area contributed by atoms with Crippen molar-refractivity contribution in [3.8, 4) is 0 Å². The molecule has 0 aliphatic rings. The maximum atomic E-state index is 13.1. The summed E-state index contributed by atoms with van der Waals surface area (Å²) in [5.74, 6) is 0.539. The molecule has 2 aromatic heterocycles. The van der Waals surface area contributed by atoms with Crippen molar-refractivity contribution in [2.75, 3.05) is 5.32 Å². The minimum Gasteiger partial charge on any atom is -0.363 e. The summed E-state index contributed by atoms with van der Waals surface area (Å²) in [5.41, 5.74) is 0.790. The van der Waals surface area contributed by atoms with Gasteiger partial charge in [-0.05, 0) is 53.0 Å². The van der Waals surface area contributed by atoms with Gasteiger partial charge in [-0.2, -0.15) is 13.2 Å². The molecule has 2 heterocycles. The average molecular weight is 411 g/mol. The first-order valence-electron chi connectivity index (χ1n) is 7.47. The minimum absolute atomic E-state index is 0.205. The molecule has 1 N–H and O–H groups in total. The second-order valence-corrected chi connectivity index (χ2v) is 6.44. The molecule has 0 spiro atoms. The second-order valence-electron chi connectivity index (χ2n) is 5.63. The van der Waals surface area contributed by atoms with Crippen molar-refractivity contribution in [1.29, 1.82) is 0 Å². The topological polar surface area (TPSA) is 50.7 Å². The number of fused-ring (bicyclic) bond motifs is 1. The summed E-state index contributed by atoms with van der Waals surface area (Å²) in [7, 11) is 0. The van der Waals surface area contributed by atoms with E-state index in [1.807, 2.05) is 0 Å². The molecular formula is C17H14BrF3N4. The minimum atomic E-state index is -4.38. The van der Waals surface area contributed by atoms with Crippen LogP contribution in [0, 0.1) is 6.92 Å². The normalized spacial score (nSPS) is 13.0. The molecule has 0 unspecified atom stereocenters. The van der Waals surface area contributed by atoms with Gasteiger partial charge < -0.3 is 5.32 Å². The third kappa shape index (κ3) is 3.58. The van der Waals surface area contributed by atoms with Crippen molar-refractivity contribution in [2.24, 2.45) is 0 Å². The van der Waals surface area contributed by atoms with Crippen molar-refractivity contribution >= 4 is 32.7 Å². The molecule has 0 bridgehead atoms. The van der Waals surface area contributed by atoms with E-state index in [2.05, 4.69) is 36.2 Å². The largest absolute Gasteiger partial charge is 0.416 e. The highest BCUT2D eigenvalue weighted by atomic mass is 79.9. The van der Waals surface area contributed by atoms with E-state index in [0.717, 1.165) is 11.5 Å². The standard InChI is InChI=1S/C17H14BrF3N4/c1-9-11(4-3-5-13(9)17(19,20)21)10(2)25-16-12-6-15(18)22-7-14(12)23-8-24-16/h3-8,10H,1-2H3,(H,23,24,25)/t10-/m1/s1. The van der Waals surface area contributed by atoms with Gasteiger partial charge in [0.25, 0.3) is 0 Å². The van der Waals surface area contributed by atoms with E-state index in [4.69, 9.17) is 0 Å². The lowest BCUT2D eigenvalue weighted by atomic mass is 9.97. The van der Waals surface area contributed by atoms with Crippen LogP contribution in [0.5, 0.6) is 0 Å². The van der Waals surface area contributed by atoms with Gasteiger partial charge in [0.05, 0.1) is 23.3 Å². The zero-order valence-electron chi connectivity index (χ0n) is 13.4. The number of aromatic nitrogens is 3. The molecule has 4 nitrogen and oxygen atoms in total. The van der Waals surface area contributed by atoms with E-state index < -0.39 is 11.7 Å². The van der Waals surface area contributed by atoms with Gasteiger partial charge in [-0.3, -0.25) is 0 Å². The number of nitrogens with one attached hydrogen (secondary N) is 1. The summed E-state index contributed by atoms with van der Waals surface area (Å²) in [5, 5.41) is 3.92. The Balaban J connectivity index is 1.99. The van der Waals surface area contributed by atoms with Gasteiger partial charge in [0.2, 0.25) is 0 Å². The fourth-order valence-corrected chi connectivity index (χ4v) is 3.09. The van der Waals surface area contributed by atoms with Gasteiger partial charge in [0.1, 0.15) is 16.7 Å². The smallest absolute Gasteiger partial charge is 0.363 e. The summed E-state index contributed by atoms with van der Waals surface area (Å²) < 4.78 is 40.0. The molecule has 1 atom stereocenters. The molecule has 0 fully saturated rings. The molecule has 0 aliphatic heterocycles. The Kier molecular flexibility index (Phi) is 4.64. The van der Waals surface area contributed by atoms with Gasteiger partial charge in [-0.25, -0.2) is 15.0 Å². The van der Waals surface area contributed by atoms with E-state index >= 15 is 0 Å². The molecule has 3 aromatic rings. The number of rotatable bonds is 3. The number of hydrogen-bond donors (Lipinski definition) is 1. The Morgan fingerprint density at radius 2 is 1.92 bits per heavy atom. The molecule has 0 radical (unpaired) electrons. The maximum Gasteiger partial charge on any atom is 0.416 e. The van der Waals surface area contributed by atoms with E-state index in [1.54, 1.807) is 25.3 Å². The first-order valence-corrected chi connectivity index (χ1v) is 8.26. The lowest BCUT2D eigenvalue weighted by Gasteiger charge is -2.20. The van der Waals surface area contributed by atoms with Crippen LogP contribution < -0.4 is 5.32 Å². The predicted molar refractivity (Wildman–Crippen MR) is 93.3 cm³/mol. The van der Waals surface area contributed by atoms with Crippen molar-refractivity contribution in [2.45, 2.75) is 26.1 Å². The van der Waals surface area contributed by atoms with Crippen molar-refractivity contribution in [3.63, 3.8) is 0 Å². The van der Waals surface area contributed by atoms with Crippen LogP contribution in [0.25, 0.3) is 10.9 Å². The molecule has 0 saturated carbocycles. The predicted octanol–water partition coefficient (Wildman–Crippen LogP) is 5.29. The van der Waals surface area contributed by atoms with Gasteiger partial charge in [-0.15, -0.1) is 0 Å². The average Bonchev–Trinajstić information content (AvgIpc) is 2.54. The maximum absolute atomic E-state index is 13.1. The third-order valence-corrected chi connectivity index (χ3v) is 4.42.